The molecule has 0 radical (unpaired) electrons. The number of hydrogen-bond donors (Lipinski definition) is 0. The van der Waals surface area contributed by atoms with E-state index in [-0.39, 0.29) is 22.9 Å². The Balaban J connectivity index is 1.58. The zero-order valence-electron chi connectivity index (χ0n) is 15.1. The number of rotatable bonds is 4. The van der Waals surface area contributed by atoms with Crippen molar-refractivity contribution < 1.29 is 18.0 Å². The Morgan fingerprint density at radius 3 is 2.15 bits per heavy atom. The highest BCUT2D eigenvalue weighted by Gasteiger charge is 2.35. The van der Waals surface area contributed by atoms with Crippen molar-refractivity contribution in [1.29, 1.82) is 0 Å². The van der Waals surface area contributed by atoms with E-state index in [1.165, 1.54) is 25.0 Å². The van der Waals surface area contributed by atoms with E-state index in [0.29, 0.717) is 12.6 Å². The van der Waals surface area contributed by atoms with Crippen LogP contribution < -0.4 is 4.90 Å². The summed E-state index contributed by atoms with van der Waals surface area (Å²) in [5, 5.41) is 0. The van der Waals surface area contributed by atoms with Crippen LogP contribution in [0.3, 0.4) is 0 Å². The van der Waals surface area contributed by atoms with E-state index in [1.807, 2.05) is 6.92 Å². The fraction of sp³-hybridized carbons (Fsp3) is 0.381. The topological polar surface area (TPSA) is 23.6 Å². The molecular formula is C21H21F3N2O. The number of anilines is 1. The van der Waals surface area contributed by atoms with E-state index >= 15 is 0 Å². The zero-order valence-corrected chi connectivity index (χ0v) is 15.1. The smallest absolute Gasteiger partial charge is 0.193 e. The summed E-state index contributed by atoms with van der Waals surface area (Å²) in [5.41, 5.74) is 0.0348. The molecule has 1 aliphatic carbocycles. The van der Waals surface area contributed by atoms with Crippen molar-refractivity contribution in [3.63, 3.8) is 0 Å². The molecule has 2 aliphatic rings. The molecule has 1 unspecified atom stereocenters. The molecule has 0 aromatic heterocycles. The zero-order chi connectivity index (χ0) is 19.1. The molecule has 27 heavy (non-hydrogen) atoms. The molecule has 2 fully saturated rings. The molecule has 1 atom stereocenters. The summed E-state index contributed by atoms with van der Waals surface area (Å²) in [5.74, 6) is -2.50. The van der Waals surface area contributed by atoms with Crippen LogP contribution in [0, 0.1) is 17.5 Å². The normalized spacial score (nSPS) is 20.7. The van der Waals surface area contributed by atoms with Crippen LogP contribution in [0.4, 0.5) is 18.9 Å². The molecule has 1 aliphatic heterocycles. The summed E-state index contributed by atoms with van der Waals surface area (Å²) >= 11 is 0. The van der Waals surface area contributed by atoms with Gasteiger partial charge < -0.3 is 4.90 Å². The van der Waals surface area contributed by atoms with Crippen molar-refractivity contribution in [2.75, 3.05) is 24.5 Å². The van der Waals surface area contributed by atoms with Crippen LogP contribution in [-0.2, 0) is 0 Å². The van der Waals surface area contributed by atoms with Gasteiger partial charge in [0.15, 0.2) is 5.78 Å². The second-order valence-corrected chi connectivity index (χ2v) is 7.39. The SMILES string of the molecule is CC1CN(C2CC2)CCN1c1c(F)cc(C(=O)c2ccc(F)cc2)cc1F. The Morgan fingerprint density at radius 1 is 0.963 bits per heavy atom. The molecule has 142 valence electrons. The molecule has 4 rings (SSSR count). The summed E-state index contributed by atoms with van der Waals surface area (Å²) in [6.45, 7) is 4.08. The second-order valence-electron chi connectivity index (χ2n) is 7.39. The quantitative estimate of drug-likeness (QED) is 0.756. The average Bonchev–Trinajstić information content (AvgIpc) is 3.47. The second kappa shape index (κ2) is 7.00. The standard InChI is InChI=1S/C21H21F3N2O/c1-13-12-25(17-6-7-17)8-9-26(13)20-18(23)10-15(11-19(20)24)21(27)14-2-4-16(22)5-3-14/h2-5,10-11,13,17H,6-9,12H2,1H3. The molecule has 1 heterocycles. The van der Waals surface area contributed by atoms with E-state index in [0.717, 1.165) is 37.4 Å². The van der Waals surface area contributed by atoms with Crippen molar-refractivity contribution in [3.8, 4) is 0 Å². The van der Waals surface area contributed by atoms with Crippen LogP contribution in [0.1, 0.15) is 35.7 Å². The van der Waals surface area contributed by atoms with Crippen molar-refractivity contribution in [2.24, 2.45) is 0 Å². The van der Waals surface area contributed by atoms with Gasteiger partial charge in [-0.1, -0.05) is 0 Å². The first-order chi connectivity index (χ1) is 12.9. The minimum Gasteiger partial charge on any atom is -0.362 e. The first kappa shape index (κ1) is 18.0. The molecule has 0 spiro atoms. The minimum atomic E-state index is -0.743. The number of hydrogen-bond acceptors (Lipinski definition) is 3. The van der Waals surface area contributed by atoms with Gasteiger partial charge in [-0.2, -0.15) is 0 Å². The predicted octanol–water partition coefficient (Wildman–Crippen LogP) is 4.01. The highest BCUT2D eigenvalue weighted by molar-refractivity contribution is 6.09. The van der Waals surface area contributed by atoms with E-state index < -0.39 is 23.2 Å². The Labute approximate surface area is 156 Å². The van der Waals surface area contributed by atoms with Crippen LogP contribution in [0.25, 0.3) is 0 Å². The van der Waals surface area contributed by atoms with Gasteiger partial charge in [0.1, 0.15) is 23.1 Å². The summed E-state index contributed by atoms with van der Waals surface area (Å²) in [7, 11) is 0. The maximum Gasteiger partial charge on any atom is 0.193 e. The van der Waals surface area contributed by atoms with E-state index in [2.05, 4.69) is 4.90 Å². The van der Waals surface area contributed by atoms with Gasteiger partial charge in [-0.25, -0.2) is 13.2 Å². The Bertz CT molecular complexity index is 841. The van der Waals surface area contributed by atoms with Gasteiger partial charge in [-0.15, -0.1) is 0 Å². The molecular weight excluding hydrogens is 353 g/mol. The molecule has 1 saturated carbocycles. The summed E-state index contributed by atoms with van der Waals surface area (Å²) in [4.78, 5) is 16.6. The van der Waals surface area contributed by atoms with Gasteiger partial charge in [0, 0.05) is 42.8 Å². The van der Waals surface area contributed by atoms with E-state index in [4.69, 9.17) is 0 Å². The lowest BCUT2D eigenvalue weighted by Crippen LogP contribution is -2.53. The number of carbonyl (C=O) groups excluding carboxylic acids is 1. The Morgan fingerprint density at radius 2 is 1.59 bits per heavy atom. The molecule has 3 nitrogen and oxygen atoms in total. The van der Waals surface area contributed by atoms with Gasteiger partial charge in [-0.3, -0.25) is 9.69 Å². The lowest BCUT2D eigenvalue weighted by atomic mass is 10.0. The first-order valence-corrected chi connectivity index (χ1v) is 9.24. The molecule has 2 aromatic carbocycles. The molecule has 6 heteroatoms. The van der Waals surface area contributed by atoms with Crippen LogP contribution in [-0.4, -0.2) is 42.4 Å². The third-order valence-electron chi connectivity index (χ3n) is 5.39. The van der Waals surface area contributed by atoms with E-state index in [1.54, 1.807) is 4.90 Å². The number of nitrogens with zero attached hydrogens (tertiary/aromatic N) is 2. The van der Waals surface area contributed by atoms with Crippen LogP contribution >= 0.6 is 0 Å². The van der Waals surface area contributed by atoms with Crippen molar-refractivity contribution in [1.82, 2.24) is 4.90 Å². The molecule has 0 N–H and O–H groups in total. The van der Waals surface area contributed by atoms with Crippen molar-refractivity contribution in [3.05, 3.63) is 65.0 Å². The van der Waals surface area contributed by atoms with Gasteiger partial charge in [0.25, 0.3) is 0 Å². The number of benzene rings is 2. The number of ketones is 1. The Kier molecular flexibility index (Phi) is 4.68. The van der Waals surface area contributed by atoms with Gasteiger partial charge >= 0.3 is 0 Å². The fourth-order valence-corrected chi connectivity index (χ4v) is 3.83. The van der Waals surface area contributed by atoms with Gasteiger partial charge in [0.05, 0.1) is 0 Å². The van der Waals surface area contributed by atoms with Crippen LogP contribution in [0.5, 0.6) is 0 Å². The van der Waals surface area contributed by atoms with Crippen molar-refractivity contribution in [2.45, 2.75) is 31.8 Å². The highest BCUT2D eigenvalue weighted by atomic mass is 19.1. The van der Waals surface area contributed by atoms with Gasteiger partial charge in [-0.05, 0) is 56.2 Å². The maximum atomic E-state index is 14.8. The van der Waals surface area contributed by atoms with Crippen LogP contribution in [0.2, 0.25) is 0 Å². The maximum absolute atomic E-state index is 14.8. The fourth-order valence-electron chi connectivity index (χ4n) is 3.83. The summed E-state index contributed by atoms with van der Waals surface area (Å²) < 4.78 is 42.6. The average molecular weight is 374 g/mol. The van der Waals surface area contributed by atoms with Gasteiger partial charge in [0.2, 0.25) is 0 Å². The lowest BCUT2D eigenvalue weighted by molar-refractivity contribution is 0.103. The lowest BCUT2D eigenvalue weighted by Gasteiger charge is -2.41. The molecule has 2 aromatic rings. The summed E-state index contributed by atoms with van der Waals surface area (Å²) in [6, 6.07) is 7.67. The minimum absolute atomic E-state index is 0.0120. The number of carbonyl (C=O) groups is 1. The third kappa shape index (κ3) is 3.58. The molecule has 0 bridgehead atoms. The number of halogens is 3. The van der Waals surface area contributed by atoms with Crippen molar-refractivity contribution >= 4 is 11.5 Å². The van der Waals surface area contributed by atoms with Crippen LogP contribution in [0.15, 0.2) is 36.4 Å². The predicted molar refractivity (Wildman–Crippen MR) is 97.6 cm³/mol. The monoisotopic (exact) mass is 374 g/mol. The summed E-state index contributed by atoms with van der Waals surface area (Å²) in [6.07, 6.45) is 2.41. The highest BCUT2D eigenvalue weighted by Crippen LogP contribution is 2.33. The molecule has 0 amide bonds. The number of piperazine rings is 1. The first-order valence-electron chi connectivity index (χ1n) is 9.24. The largest absolute Gasteiger partial charge is 0.362 e. The Hall–Kier alpha value is -2.34. The van der Waals surface area contributed by atoms with E-state index in [9.17, 15) is 18.0 Å². The molecule has 1 saturated heterocycles. The third-order valence-corrected chi connectivity index (χ3v) is 5.39.